The number of amides is 2. The number of urea groups is 1. The largest absolute Gasteiger partial charge is 0.334 e. The predicted molar refractivity (Wildman–Crippen MR) is 54.8 cm³/mol. The van der Waals surface area contributed by atoms with Crippen LogP contribution in [0.3, 0.4) is 0 Å². The standard InChI is InChI=1S/C11H11N3O/c12-6-10-8-14(10)11(15)13-7-9-4-2-1-3-5-9/h1-5,10H,7-8H2,(H,13,15)/t10-,14?/m1/s1. The highest BCUT2D eigenvalue weighted by molar-refractivity contribution is 5.77. The third-order valence-electron chi connectivity index (χ3n) is 2.31. The first-order chi connectivity index (χ1) is 7.31. The molecule has 0 bridgehead atoms. The second kappa shape index (κ2) is 4.01. The van der Waals surface area contributed by atoms with Crippen LogP contribution in [-0.2, 0) is 6.54 Å². The normalized spacial score (nSPS) is 18.1. The Kier molecular flexibility index (Phi) is 2.55. The maximum atomic E-state index is 11.4. The molecule has 1 fully saturated rings. The van der Waals surface area contributed by atoms with Crippen molar-refractivity contribution >= 4 is 6.03 Å². The van der Waals surface area contributed by atoms with Gasteiger partial charge >= 0.3 is 6.03 Å². The summed E-state index contributed by atoms with van der Waals surface area (Å²) in [6.07, 6.45) is 0. The molecule has 15 heavy (non-hydrogen) atoms. The molecular formula is C11H11N3O. The van der Waals surface area contributed by atoms with E-state index in [1.807, 2.05) is 36.4 Å². The lowest BCUT2D eigenvalue weighted by molar-refractivity contribution is 0.228. The van der Waals surface area contributed by atoms with E-state index in [0.717, 1.165) is 5.56 Å². The van der Waals surface area contributed by atoms with Crippen molar-refractivity contribution in [3.05, 3.63) is 35.9 Å². The highest BCUT2D eigenvalue weighted by Crippen LogP contribution is 2.15. The number of hydrogen-bond acceptors (Lipinski definition) is 2. The first kappa shape index (κ1) is 9.53. The Bertz CT molecular complexity index is 396. The second-order valence-electron chi connectivity index (χ2n) is 3.44. The number of nitrogens with zero attached hydrogens (tertiary/aromatic N) is 2. The van der Waals surface area contributed by atoms with E-state index >= 15 is 0 Å². The lowest BCUT2D eigenvalue weighted by Gasteiger charge is -2.05. The third-order valence-corrected chi connectivity index (χ3v) is 2.31. The van der Waals surface area contributed by atoms with Crippen LogP contribution in [-0.4, -0.2) is 23.5 Å². The average Bonchev–Trinajstić information content (AvgIpc) is 3.06. The summed E-state index contributed by atoms with van der Waals surface area (Å²) < 4.78 is 0. The van der Waals surface area contributed by atoms with Gasteiger partial charge in [0.25, 0.3) is 0 Å². The van der Waals surface area contributed by atoms with Crippen LogP contribution in [0.4, 0.5) is 4.79 Å². The fraction of sp³-hybridized carbons (Fsp3) is 0.273. The first-order valence-corrected chi connectivity index (χ1v) is 4.79. The Balaban J connectivity index is 1.80. The molecule has 0 saturated carbocycles. The summed E-state index contributed by atoms with van der Waals surface area (Å²) >= 11 is 0. The fourth-order valence-electron chi connectivity index (χ4n) is 1.35. The molecule has 0 aromatic heterocycles. The minimum atomic E-state index is -0.222. The fourth-order valence-corrected chi connectivity index (χ4v) is 1.35. The molecule has 1 saturated heterocycles. The molecule has 1 heterocycles. The summed E-state index contributed by atoms with van der Waals surface area (Å²) in [6, 6.07) is 11.3. The Morgan fingerprint density at radius 1 is 1.53 bits per heavy atom. The molecule has 1 aromatic rings. The molecule has 76 valence electrons. The molecule has 2 amide bonds. The van der Waals surface area contributed by atoms with Crippen LogP contribution in [0.15, 0.2) is 30.3 Å². The van der Waals surface area contributed by atoms with E-state index in [1.54, 1.807) is 0 Å². The number of benzene rings is 1. The van der Waals surface area contributed by atoms with Crippen molar-refractivity contribution in [3.63, 3.8) is 0 Å². The summed E-state index contributed by atoms with van der Waals surface area (Å²) in [5, 5.41) is 11.3. The highest BCUT2D eigenvalue weighted by Gasteiger charge is 2.38. The van der Waals surface area contributed by atoms with Gasteiger partial charge in [-0.05, 0) is 5.56 Å². The second-order valence-corrected chi connectivity index (χ2v) is 3.44. The van der Waals surface area contributed by atoms with Crippen molar-refractivity contribution in [2.75, 3.05) is 6.54 Å². The Morgan fingerprint density at radius 2 is 2.27 bits per heavy atom. The van der Waals surface area contributed by atoms with E-state index in [-0.39, 0.29) is 12.1 Å². The molecule has 4 nitrogen and oxygen atoms in total. The minimum Gasteiger partial charge on any atom is -0.334 e. The molecule has 0 unspecified atom stereocenters. The molecule has 0 radical (unpaired) electrons. The number of hydrogen-bond donors (Lipinski definition) is 1. The zero-order chi connectivity index (χ0) is 10.7. The van der Waals surface area contributed by atoms with E-state index in [2.05, 4.69) is 5.32 Å². The van der Waals surface area contributed by atoms with E-state index in [4.69, 9.17) is 5.26 Å². The molecule has 2 rings (SSSR count). The summed E-state index contributed by atoms with van der Waals surface area (Å²) in [7, 11) is 0. The third kappa shape index (κ3) is 2.26. The predicted octanol–water partition coefficient (Wildman–Crippen LogP) is 1.10. The van der Waals surface area contributed by atoms with E-state index in [1.165, 1.54) is 4.90 Å². The van der Waals surface area contributed by atoms with Gasteiger partial charge in [-0.3, -0.25) is 0 Å². The van der Waals surface area contributed by atoms with Crippen molar-refractivity contribution in [3.8, 4) is 6.07 Å². The van der Waals surface area contributed by atoms with Crippen molar-refractivity contribution < 1.29 is 4.79 Å². The van der Waals surface area contributed by atoms with Crippen LogP contribution in [0.5, 0.6) is 0 Å². The smallest absolute Gasteiger partial charge is 0.318 e. The summed E-state index contributed by atoms with van der Waals surface area (Å²) in [5.74, 6) is 0. The lowest BCUT2D eigenvalue weighted by Crippen LogP contribution is -2.28. The van der Waals surface area contributed by atoms with Crippen molar-refractivity contribution in [1.82, 2.24) is 10.2 Å². The SMILES string of the molecule is N#C[C@@H]1CN1C(=O)NCc1ccccc1. The monoisotopic (exact) mass is 201 g/mol. The minimum absolute atomic E-state index is 0.162. The average molecular weight is 201 g/mol. The quantitative estimate of drug-likeness (QED) is 0.728. The number of nitriles is 1. The zero-order valence-corrected chi connectivity index (χ0v) is 8.18. The van der Waals surface area contributed by atoms with Crippen molar-refractivity contribution in [1.29, 1.82) is 5.26 Å². The number of carbonyl (C=O) groups is 1. The molecule has 0 aliphatic carbocycles. The molecule has 0 spiro atoms. The van der Waals surface area contributed by atoms with E-state index in [9.17, 15) is 4.79 Å². The summed E-state index contributed by atoms with van der Waals surface area (Å²) in [4.78, 5) is 12.9. The Morgan fingerprint density at radius 3 is 2.87 bits per heavy atom. The highest BCUT2D eigenvalue weighted by atomic mass is 16.2. The molecular weight excluding hydrogens is 190 g/mol. The van der Waals surface area contributed by atoms with Crippen LogP contribution >= 0.6 is 0 Å². The van der Waals surface area contributed by atoms with Crippen molar-refractivity contribution in [2.45, 2.75) is 12.6 Å². The molecule has 1 aromatic carbocycles. The van der Waals surface area contributed by atoms with Crippen LogP contribution in [0.2, 0.25) is 0 Å². The zero-order valence-electron chi connectivity index (χ0n) is 8.18. The van der Waals surface area contributed by atoms with Gasteiger partial charge in [0, 0.05) is 6.54 Å². The summed E-state index contributed by atoms with van der Waals surface area (Å²) in [6.45, 7) is 1.06. The molecule has 4 heteroatoms. The number of rotatable bonds is 2. The maximum absolute atomic E-state index is 11.4. The summed E-state index contributed by atoms with van der Waals surface area (Å²) in [5.41, 5.74) is 1.06. The van der Waals surface area contributed by atoms with Gasteiger partial charge in [0.05, 0.1) is 12.6 Å². The van der Waals surface area contributed by atoms with Crippen LogP contribution in [0.1, 0.15) is 5.56 Å². The van der Waals surface area contributed by atoms with Gasteiger partial charge in [0.2, 0.25) is 0 Å². The van der Waals surface area contributed by atoms with Crippen LogP contribution < -0.4 is 5.32 Å². The van der Waals surface area contributed by atoms with Gasteiger partial charge in [-0.1, -0.05) is 30.3 Å². The number of carbonyl (C=O) groups excluding carboxylic acids is 1. The molecule has 1 N–H and O–H groups in total. The maximum Gasteiger partial charge on any atom is 0.318 e. The lowest BCUT2D eigenvalue weighted by atomic mass is 10.2. The van der Waals surface area contributed by atoms with Gasteiger partial charge in [-0.15, -0.1) is 0 Å². The van der Waals surface area contributed by atoms with Crippen molar-refractivity contribution in [2.24, 2.45) is 0 Å². The van der Waals surface area contributed by atoms with Gasteiger partial charge in [0.15, 0.2) is 0 Å². The van der Waals surface area contributed by atoms with Gasteiger partial charge in [-0.2, -0.15) is 5.26 Å². The Hall–Kier alpha value is -2.02. The Labute approximate surface area is 88.1 Å². The molecule has 1 aliphatic heterocycles. The van der Waals surface area contributed by atoms with Crippen LogP contribution in [0.25, 0.3) is 0 Å². The van der Waals surface area contributed by atoms with Gasteiger partial charge in [-0.25, -0.2) is 4.79 Å². The molecule has 1 atom stereocenters. The first-order valence-electron chi connectivity index (χ1n) is 4.79. The topological polar surface area (TPSA) is 55.9 Å². The van der Waals surface area contributed by atoms with Crippen LogP contribution in [0, 0.1) is 11.3 Å². The number of nitrogens with one attached hydrogen (secondary N) is 1. The molecule has 1 aliphatic rings. The van der Waals surface area contributed by atoms with E-state index in [0.29, 0.717) is 13.1 Å². The van der Waals surface area contributed by atoms with Gasteiger partial charge < -0.3 is 10.2 Å². The van der Waals surface area contributed by atoms with E-state index < -0.39 is 0 Å². The van der Waals surface area contributed by atoms with Gasteiger partial charge in [0.1, 0.15) is 6.04 Å².